The van der Waals surface area contributed by atoms with E-state index >= 15 is 0 Å². The second-order valence-corrected chi connectivity index (χ2v) is 32.4. The Morgan fingerprint density at radius 3 is 0.804 bits per heavy atom. The molecule has 8 unspecified atom stereocenters. The third-order valence-electron chi connectivity index (χ3n) is 21.1. The molecule has 0 aliphatic heterocycles. The van der Waals surface area contributed by atoms with Crippen LogP contribution in [0.2, 0.25) is 0 Å². The minimum atomic E-state index is -0.196. The van der Waals surface area contributed by atoms with Gasteiger partial charge in [-0.25, -0.2) is 0 Å². The molecule has 2 rings (SSSR count). The molecule has 8 nitrogen and oxygen atoms in total. The van der Waals surface area contributed by atoms with Gasteiger partial charge in [0.25, 0.3) is 0 Å². The van der Waals surface area contributed by atoms with Crippen molar-refractivity contribution in [1.29, 1.82) is 0 Å². The summed E-state index contributed by atoms with van der Waals surface area (Å²) in [6, 6.07) is 17.2. The molecular weight excluding hydrogens is 1190 g/mol. The monoisotopic (exact) mass is 1360 g/mol. The lowest BCUT2D eigenvalue weighted by molar-refractivity contribution is -0.0459. The van der Waals surface area contributed by atoms with Gasteiger partial charge >= 0.3 is 0 Å². The fourth-order valence-corrected chi connectivity index (χ4v) is 14.1. The van der Waals surface area contributed by atoms with Crippen LogP contribution in [-0.4, -0.2) is 90.4 Å². The predicted molar refractivity (Wildman–Crippen MR) is 422 cm³/mol. The lowest BCUT2D eigenvalue weighted by atomic mass is 9.91. The van der Waals surface area contributed by atoms with Crippen molar-refractivity contribution in [3.63, 3.8) is 0 Å². The van der Waals surface area contributed by atoms with E-state index in [0.29, 0.717) is 19.1 Å². The van der Waals surface area contributed by atoms with Gasteiger partial charge in [0.1, 0.15) is 17.6 Å². The van der Waals surface area contributed by atoms with Gasteiger partial charge in [0, 0.05) is 33.0 Å². The van der Waals surface area contributed by atoms with Crippen molar-refractivity contribution in [2.75, 3.05) is 73.1 Å². The molecule has 2 N–H and O–H groups in total. The third-order valence-corrected chi connectivity index (χ3v) is 21.1. The first-order valence-electron chi connectivity index (χ1n) is 42.4. The zero-order chi connectivity index (χ0) is 70.3. The van der Waals surface area contributed by atoms with Crippen molar-refractivity contribution < 1.29 is 33.5 Å². The van der Waals surface area contributed by atoms with E-state index in [4.69, 9.17) is 28.4 Å². The highest BCUT2D eigenvalue weighted by Gasteiger charge is 2.15. The van der Waals surface area contributed by atoms with E-state index in [1.54, 1.807) is 0 Å². The molecule has 8 heteroatoms. The SMILES string of the molecule is CNCC(COCCCCCCCCCCCCCCCOc1ccc(-c2ccc(OCCCCCCCCCCCCCCCOCC(CO)OCCC(C)CCCC(C)CCCC(C)CCCC(C)C)cc2)cc1)OCCC(C)CCCC(C)CCCC(C)CCCC(C)C. The highest BCUT2D eigenvalue weighted by Crippen LogP contribution is 2.28. The van der Waals surface area contributed by atoms with Crippen LogP contribution in [0.25, 0.3) is 11.1 Å². The summed E-state index contributed by atoms with van der Waals surface area (Å²) in [6.07, 6.45) is 60.8. The molecule has 0 saturated carbocycles. The van der Waals surface area contributed by atoms with Gasteiger partial charge < -0.3 is 38.8 Å². The molecule has 0 saturated heterocycles. The van der Waals surface area contributed by atoms with Crippen LogP contribution in [0, 0.1) is 47.3 Å². The Morgan fingerprint density at radius 2 is 0.526 bits per heavy atom. The number of benzene rings is 2. The molecule has 0 fully saturated rings. The summed E-state index contributed by atoms with van der Waals surface area (Å²) in [5, 5.41) is 13.2. The number of hydrogen-bond donors (Lipinski definition) is 2. The van der Waals surface area contributed by atoms with E-state index in [-0.39, 0.29) is 18.8 Å². The molecule has 0 radical (unpaired) electrons. The van der Waals surface area contributed by atoms with Gasteiger partial charge in [0.2, 0.25) is 0 Å². The van der Waals surface area contributed by atoms with Gasteiger partial charge in [-0.1, -0.05) is 350 Å². The lowest BCUT2D eigenvalue weighted by Gasteiger charge is -2.20. The van der Waals surface area contributed by atoms with E-state index in [1.807, 2.05) is 7.05 Å². The van der Waals surface area contributed by atoms with Gasteiger partial charge in [-0.2, -0.15) is 0 Å². The molecule has 2 aromatic carbocycles. The van der Waals surface area contributed by atoms with Crippen molar-refractivity contribution in [2.45, 2.75) is 377 Å². The summed E-state index contributed by atoms with van der Waals surface area (Å²) in [4.78, 5) is 0. The van der Waals surface area contributed by atoms with Crippen molar-refractivity contribution in [3.05, 3.63) is 48.5 Å². The zero-order valence-corrected chi connectivity index (χ0v) is 66.4. The number of likely N-dealkylation sites (N-methyl/N-ethyl adjacent to an activating group) is 1. The van der Waals surface area contributed by atoms with Gasteiger partial charge in [0.15, 0.2) is 0 Å². The van der Waals surface area contributed by atoms with Gasteiger partial charge in [0.05, 0.1) is 39.1 Å². The average molecular weight is 1360 g/mol. The summed E-state index contributed by atoms with van der Waals surface area (Å²) in [6.45, 7) is 30.9. The second-order valence-electron chi connectivity index (χ2n) is 32.4. The lowest BCUT2D eigenvalue weighted by Crippen LogP contribution is -2.31. The Bertz CT molecular complexity index is 1910. The van der Waals surface area contributed by atoms with E-state index in [0.717, 1.165) is 138 Å². The maximum Gasteiger partial charge on any atom is 0.119 e. The second kappa shape index (κ2) is 65.8. The minimum Gasteiger partial charge on any atom is -0.494 e. The highest BCUT2D eigenvalue weighted by atomic mass is 16.5. The fourth-order valence-electron chi connectivity index (χ4n) is 14.1. The summed E-state index contributed by atoms with van der Waals surface area (Å²) in [5.41, 5.74) is 2.42. The average Bonchev–Trinajstić information content (AvgIpc) is 1.17. The van der Waals surface area contributed by atoms with Crippen LogP contribution < -0.4 is 14.8 Å². The van der Waals surface area contributed by atoms with Crippen LogP contribution in [0.15, 0.2) is 48.5 Å². The first-order chi connectivity index (χ1) is 47.3. The molecule has 0 heterocycles. The molecule has 0 aliphatic rings. The largest absolute Gasteiger partial charge is 0.494 e. The molecule has 0 bridgehead atoms. The number of aliphatic hydroxyl groups is 1. The number of rotatable bonds is 74. The Labute approximate surface area is 604 Å². The molecule has 0 spiro atoms. The quantitative estimate of drug-likeness (QED) is 0.0634. The maximum absolute atomic E-state index is 9.85. The van der Waals surface area contributed by atoms with Crippen molar-refractivity contribution >= 4 is 0 Å². The third kappa shape index (κ3) is 57.9. The Morgan fingerprint density at radius 1 is 0.278 bits per heavy atom. The first kappa shape index (κ1) is 90.9. The van der Waals surface area contributed by atoms with Crippen LogP contribution in [-0.2, 0) is 18.9 Å². The molecule has 0 amide bonds. The molecule has 0 aliphatic carbocycles. The van der Waals surface area contributed by atoms with E-state index < -0.39 is 0 Å². The fraction of sp³-hybridized carbons (Fsp3) is 0.865. The molecule has 0 aromatic heterocycles. The van der Waals surface area contributed by atoms with Crippen LogP contribution in [0.5, 0.6) is 11.5 Å². The predicted octanol–water partition coefficient (Wildman–Crippen LogP) is 26.2. The van der Waals surface area contributed by atoms with Crippen LogP contribution in [0.1, 0.15) is 365 Å². The number of aliphatic hydroxyl groups excluding tert-OH is 1. The Hall–Kier alpha value is -2.20. The molecule has 568 valence electrons. The van der Waals surface area contributed by atoms with Gasteiger partial charge in [-0.15, -0.1) is 0 Å². The van der Waals surface area contributed by atoms with Crippen molar-refractivity contribution in [3.8, 4) is 22.6 Å². The van der Waals surface area contributed by atoms with Crippen LogP contribution in [0.3, 0.4) is 0 Å². The Balaban J connectivity index is 1.32. The molecule has 97 heavy (non-hydrogen) atoms. The number of ether oxygens (including phenoxy) is 6. The smallest absolute Gasteiger partial charge is 0.119 e. The summed E-state index contributed by atoms with van der Waals surface area (Å²) in [5.74, 6) is 8.49. The highest BCUT2D eigenvalue weighted by molar-refractivity contribution is 5.64. The van der Waals surface area contributed by atoms with E-state index in [9.17, 15) is 5.11 Å². The van der Waals surface area contributed by atoms with E-state index in [2.05, 4.69) is 123 Å². The van der Waals surface area contributed by atoms with Crippen molar-refractivity contribution in [2.24, 2.45) is 47.3 Å². The topological polar surface area (TPSA) is 87.6 Å². The van der Waals surface area contributed by atoms with Crippen LogP contribution >= 0.6 is 0 Å². The summed E-state index contributed by atoms with van der Waals surface area (Å²) in [7, 11) is 2.02. The normalized spacial score (nSPS) is 14.5. The van der Waals surface area contributed by atoms with Gasteiger partial charge in [-0.05, 0) is 128 Å². The number of hydrogen-bond acceptors (Lipinski definition) is 8. The van der Waals surface area contributed by atoms with Gasteiger partial charge in [-0.3, -0.25) is 0 Å². The molecular formula is C89H165NO7. The minimum absolute atomic E-state index is 0.0395. The molecule has 8 atom stereocenters. The van der Waals surface area contributed by atoms with Crippen molar-refractivity contribution in [1.82, 2.24) is 5.32 Å². The standard InChI is InChI=1S/C89H165NO7/c1-76(2)44-38-46-78(5)48-40-50-80(7)52-42-54-82(9)64-70-96-88(72-90-11)74-92-66-34-30-26-22-18-14-12-16-20-24-28-32-36-68-94-86-60-56-84(57-61-86)85-58-62-87(63-59-85)95-69-37-33-29-25-21-17-13-15-19-23-27-31-35-67-93-75-89(73-91)97-71-65-83(10)55-43-53-81(8)51-41-49-79(6)47-39-45-77(3)4/h56-63,76-83,88-91H,12-55,64-75H2,1-11H3. The van der Waals surface area contributed by atoms with E-state index in [1.165, 1.54) is 268 Å². The first-order valence-corrected chi connectivity index (χ1v) is 42.4. The Kier molecular flexibility index (Phi) is 61.6. The number of nitrogens with one attached hydrogen (secondary N) is 1. The molecule has 2 aromatic rings. The zero-order valence-electron chi connectivity index (χ0n) is 66.4. The summed E-state index contributed by atoms with van der Waals surface area (Å²) < 4.78 is 36.6. The number of unbranched alkanes of at least 4 members (excludes halogenated alkanes) is 24. The van der Waals surface area contributed by atoms with Crippen LogP contribution in [0.4, 0.5) is 0 Å². The summed E-state index contributed by atoms with van der Waals surface area (Å²) >= 11 is 0. The maximum atomic E-state index is 9.85.